The van der Waals surface area contributed by atoms with Crippen LogP contribution in [0.1, 0.15) is 28.9 Å². The summed E-state index contributed by atoms with van der Waals surface area (Å²) in [5.41, 5.74) is 1.77. The van der Waals surface area contributed by atoms with Crippen LogP contribution >= 0.6 is 0 Å². The fraction of sp³-hybridized carbons (Fsp3) is 0.429. The van der Waals surface area contributed by atoms with Gasteiger partial charge >= 0.3 is 0 Å². The number of hydrogen-bond donors (Lipinski definition) is 1. The van der Waals surface area contributed by atoms with Crippen LogP contribution < -0.4 is 10.1 Å². The monoisotopic (exact) mass is 368 g/mol. The molecule has 2 heterocycles. The minimum Gasteiger partial charge on any atom is -0.497 e. The van der Waals surface area contributed by atoms with E-state index in [2.05, 4.69) is 33.1 Å². The first-order valence-electron chi connectivity index (χ1n) is 9.50. The molecule has 0 spiro atoms. The third-order valence-electron chi connectivity index (χ3n) is 5.17. The number of methoxy groups -OCH3 is 1. The van der Waals surface area contributed by atoms with E-state index in [1.165, 1.54) is 0 Å². The fourth-order valence-electron chi connectivity index (χ4n) is 3.46. The van der Waals surface area contributed by atoms with E-state index in [-0.39, 0.29) is 11.9 Å². The number of carbonyl (C=O) groups excluding carboxylic acids is 1. The van der Waals surface area contributed by atoms with Crippen molar-refractivity contribution in [2.24, 2.45) is 0 Å². The molecule has 0 aliphatic carbocycles. The molecule has 1 amide bonds. The Labute approximate surface area is 161 Å². The Morgan fingerprint density at radius 2 is 1.93 bits per heavy atom. The second-order valence-corrected chi connectivity index (χ2v) is 6.71. The van der Waals surface area contributed by atoms with Gasteiger partial charge in [0.05, 0.1) is 13.2 Å². The van der Waals surface area contributed by atoms with Crippen LogP contribution in [0, 0.1) is 0 Å². The van der Waals surface area contributed by atoms with E-state index in [4.69, 9.17) is 4.74 Å². The van der Waals surface area contributed by atoms with Crippen LogP contribution in [-0.4, -0.2) is 67.1 Å². The summed E-state index contributed by atoms with van der Waals surface area (Å²) in [6, 6.07) is 11.3. The second kappa shape index (κ2) is 9.48. The van der Waals surface area contributed by atoms with Crippen molar-refractivity contribution < 1.29 is 9.53 Å². The summed E-state index contributed by atoms with van der Waals surface area (Å²) < 4.78 is 5.15. The maximum absolute atomic E-state index is 12.6. The minimum absolute atomic E-state index is 0.0706. The highest BCUT2D eigenvalue weighted by Gasteiger charge is 2.25. The summed E-state index contributed by atoms with van der Waals surface area (Å²) in [7, 11) is 1.62. The van der Waals surface area contributed by atoms with E-state index in [0.717, 1.165) is 44.0 Å². The highest BCUT2D eigenvalue weighted by atomic mass is 16.5. The molecule has 144 valence electrons. The molecule has 0 bridgehead atoms. The molecule has 6 heteroatoms. The van der Waals surface area contributed by atoms with Gasteiger partial charge in [0.2, 0.25) is 0 Å². The smallest absolute Gasteiger partial charge is 0.251 e. The number of ether oxygens (including phenoxy) is 1. The minimum atomic E-state index is -0.0706. The standard InChI is InChI=1S/C21H28N4O2/c1-3-24-11-13-25(14-12-24)20(18-5-4-10-22-15-18)16-23-21(26)17-6-8-19(27-2)9-7-17/h4-10,15,20H,3,11-14,16H2,1-2H3,(H,23,26)/t20-/m0/s1. The molecule has 1 N–H and O–H groups in total. The molecular weight excluding hydrogens is 340 g/mol. The Balaban J connectivity index is 1.67. The van der Waals surface area contributed by atoms with Gasteiger partial charge < -0.3 is 15.0 Å². The van der Waals surface area contributed by atoms with Gasteiger partial charge in [0.15, 0.2) is 0 Å². The molecule has 0 radical (unpaired) electrons. The van der Waals surface area contributed by atoms with E-state index in [1.54, 1.807) is 37.6 Å². The zero-order valence-electron chi connectivity index (χ0n) is 16.1. The highest BCUT2D eigenvalue weighted by molar-refractivity contribution is 5.94. The van der Waals surface area contributed by atoms with Crippen molar-refractivity contribution in [3.8, 4) is 5.75 Å². The van der Waals surface area contributed by atoms with Gasteiger partial charge in [-0.05, 0) is 42.4 Å². The molecule has 1 atom stereocenters. The predicted molar refractivity (Wildman–Crippen MR) is 106 cm³/mol. The number of nitrogens with zero attached hydrogens (tertiary/aromatic N) is 3. The molecule has 27 heavy (non-hydrogen) atoms. The van der Waals surface area contributed by atoms with E-state index in [0.29, 0.717) is 12.1 Å². The number of nitrogens with one attached hydrogen (secondary N) is 1. The van der Waals surface area contributed by atoms with Crippen LogP contribution in [0.25, 0.3) is 0 Å². The van der Waals surface area contributed by atoms with Gasteiger partial charge in [-0.15, -0.1) is 0 Å². The van der Waals surface area contributed by atoms with Crippen LogP contribution in [0.5, 0.6) is 5.75 Å². The highest BCUT2D eigenvalue weighted by Crippen LogP contribution is 2.21. The average Bonchev–Trinajstić information content (AvgIpc) is 2.75. The average molecular weight is 368 g/mol. The molecular formula is C21H28N4O2. The van der Waals surface area contributed by atoms with Crippen molar-refractivity contribution in [1.82, 2.24) is 20.1 Å². The largest absolute Gasteiger partial charge is 0.497 e. The summed E-state index contributed by atoms with van der Waals surface area (Å²) in [4.78, 5) is 21.7. The van der Waals surface area contributed by atoms with Gasteiger partial charge in [0, 0.05) is 50.7 Å². The lowest BCUT2D eigenvalue weighted by atomic mass is 10.1. The van der Waals surface area contributed by atoms with E-state index >= 15 is 0 Å². The Morgan fingerprint density at radius 1 is 1.19 bits per heavy atom. The van der Waals surface area contributed by atoms with Gasteiger partial charge in [0.25, 0.3) is 5.91 Å². The first kappa shape index (κ1) is 19.3. The van der Waals surface area contributed by atoms with Crippen LogP contribution in [0.2, 0.25) is 0 Å². The van der Waals surface area contributed by atoms with Crippen LogP contribution in [-0.2, 0) is 0 Å². The Morgan fingerprint density at radius 3 is 2.52 bits per heavy atom. The number of aromatic nitrogens is 1. The number of piperazine rings is 1. The molecule has 0 saturated carbocycles. The van der Waals surface area contributed by atoms with Crippen molar-refractivity contribution in [3.63, 3.8) is 0 Å². The van der Waals surface area contributed by atoms with Gasteiger partial charge in [-0.25, -0.2) is 0 Å². The Kier molecular flexibility index (Phi) is 6.79. The number of rotatable bonds is 7. The number of amides is 1. The molecule has 6 nitrogen and oxygen atoms in total. The molecule has 1 aliphatic heterocycles. The Hall–Kier alpha value is -2.44. The normalized spacial score (nSPS) is 16.7. The topological polar surface area (TPSA) is 57.7 Å². The van der Waals surface area contributed by atoms with Gasteiger partial charge in [-0.3, -0.25) is 14.7 Å². The summed E-state index contributed by atoms with van der Waals surface area (Å²) in [5.74, 6) is 0.673. The third-order valence-corrected chi connectivity index (χ3v) is 5.17. The molecule has 0 unspecified atom stereocenters. The molecule has 3 rings (SSSR count). The summed E-state index contributed by atoms with van der Waals surface area (Å²) in [6.45, 7) is 7.93. The first-order chi connectivity index (χ1) is 13.2. The number of likely N-dealkylation sites (N-methyl/N-ethyl adjacent to an activating group) is 1. The number of pyridine rings is 1. The van der Waals surface area contributed by atoms with Crippen LogP contribution in [0.3, 0.4) is 0 Å². The summed E-state index contributed by atoms with van der Waals surface area (Å²) >= 11 is 0. The van der Waals surface area contributed by atoms with Crippen molar-refractivity contribution in [3.05, 3.63) is 59.9 Å². The third kappa shape index (κ3) is 5.05. The van der Waals surface area contributed by atoms with Gasteiger partial charge in [-0.2, -0.15) is 0 Å². The van der Waals surface area contributed by atoms with Gasteiger partial charge in [0.1, 0.15) is 5.75 Å². The van der Waals surface area contributed by atoms with Crippen molar-refractivity contribution in [2.45, 2.75) is 13.0 Å². The van der Waals surface area contributed by atoms with E-state index < -0.39 is 0 Å². The molecule has 1 saturated heterocycles. The van der Waals surface area contributed by atoms with Crippen molar-refractivity contribution >= 4 is 5.91 Å². The summed E-state index contributed by atoms with van der Waals surface area (Å²) in [5, 5.41) is 3.09. The quantitative estimate of drug-likeness (QED) is 0.812. The molecule has 1 aromatic heterocycles. The zero-order valence-corrected chi connectivity index (χ0v) is 16.1. The first-order valence-corrected chi connectivity index (χ1v) is 9.50. The molecule has 1 aromatic carbocycles. The van der Waals surface area contributed by atoms with Crippen LogP contribution in [0.4, 0.5) is 0 Å². The SMILES string of the molecule is CCN1CCN([C@@H](CNC(=O)c2ccc(OC)cc2)c2cccnc2)CC1. The number of benzene rings is 1. The molecule has 1 aliphatic rings. The van der Waals surface area contributed by atoms with Gasteiger partial charge in [-0.1, -0.05) is 13.0 Å². The van der Waals surface area contributed by atoms with E-state index in [9.17, 15) is 4.79 Å². The number of carbonyl (C=O) groups is 1. The lowest BCUT2D eigenvalue weighted by Crippen LogP contribution is -2.49. The lowest BCUT2D eigenvalue weighted by Gasteiger charge is -2.39. The molecule has 1 fully saturated rings. The summed E-state index contributed by atoms with van der Waals surface area (Å²) in [6.07, 6.45) is 3.68. The van der Waals surface area contributed by atoms with E-state index in [1.807, 2.05) is 12.3 Å². The van der Waals surface area contributed by atoms with Crippen molar-refractivity contribution in [2.75, 3.05) is 46.4 Å². The molecule has 2 aromatic rings. The zero-order chi connectivity index (χ0) is 19.1. The predicted octanol–water partition coefficient (Wildman–Crippen LogP) is 2.20. The van der Waals surface area contributed by atoms with Crippen LogP contribution in [0.15, 0.2) is 48.8 Å². The second-order valence-electron chi connectivity index (χ2n) is 6.71. The fourth-order valence-corrected chi connectivity index (χ4v) is 3.46. The van der Waals surface area contributed by atoms with Crippen molar-refractivity contribution in [1.29, 1.82) is 0 Å². The maximum atomic E-state index is 12.6. The number of hydrogen-bond acceptors (Lipinski definition) is 5. The lowest BCUT2D eigenvalue weighted by molar-refractivity contribution is 0.0855. The Bertz CT molecular complexity index is 713. The maximum Gasteiger partial charge on any atom is 0.251 e.